The summed E-state index contributed by atoms with van der Waals surface area (Å²) in [5, 5.41) is 4.36. The van der Waals surface area contributed by atoms with Gasteiger partial charge in [0.05, 0.1) is 0 Å². The van der Waals surface area contributed by atoms with Gasteiger partial charge in [-0.2, -0.15) is 0 Å². The van der Waals surface area contributed by atoms with Gasteiger partial charge in [0.15, 0.2) is 0 Å². The van der Waals surface area contributed by atoms with Crippen molar-refractivity contribution in [1.82, 2.24) is 5.32 Å². The molecule has 0 fully saturated rings. The monoisotopic (exact) mass is 302 g/mol. The molecule has 0 saturated heterocycles. The molecule has 0 aliphatic heterocycles. The van der Waals surface area contributed by atoms with E-state index >= 15 is 0 Å². The SMILES string of the molecule is CC(Cc1cccc(Cl)c1)NCc1ccc(N(C)C)cc1. The van der Waals surface area contributed by atoms with E-state index in [4.69, 9.17) is 11.6 Å². The lowest BCUT2D eigenvalue weighted by Gasteiger charge is -2.16. The average molecular weight is 303 g/mol. The van der Waals surface area contributed by atoms with Gasteiger partial charge < -0.3 is 10.2 Å². The lowest BCUT2D eigenvalue weighted by molar-refractivity contribution is 0.545. The Morgan fingerprint density at radius 1 is 1.05 bits per heavy atom. The highest BCUT2D eigenvalue weighted by Crippen LogP contribution is 2.14. The maximum atomic E-state index is 6.02. The summed E-state index contributed by atoms with van der Waals surface area (Å²) in [4.78, 5) is 2.11. The molecule has 2 aromatic carbocycles. The normalized spacial score (nSPS) is 12.2. The van der Waals surface area contributed by atoms with Crippen molar-refractivity contribution < 1.29 is 0 Å². The van der Waals surface area contributed by atoms with Gasteiger partial charge in [-0.1, -0.05) is 35.9 Å². The number of hydrogen-bond acceptors (Lipinski definition) is 2. The number of halogens is 1. The molecule has 1 unspecified atom stereocenters. The van der Waals surface area contributed by atoms with E-state index in [1.165, 1.54) is 16.8 Å². The maximum absolute atomic E-state index is 6.02. The predicted octanol–water partition coefficient (Wildman–Crippen LogP) is 4.13. The molecule has 0 bridgehead atoms. The Morgan fingerprint density at radius 2 is 1.76 bits per heavy atom. The van der Waals surface area contributed by atoms with Crippen LogP contribution in [-0.4, -0.2) is 20.1 Å². The molecule has 0 spiro atoms. The molecule has 0 saturated carbocycles. The molecule has 0 aromatic heterocycles. The first kappa shape index (κ1) is 15.9. The largest absolute Gasteiger partial charge is 0.378 e. The quantitative estimate of drug-likeness (QED) is 0.863. The zero-order valence-electron chi connectivity index (χ0n) is 12.9. The third-order valence-electron chi connectivity index (χ3n) is 3.54. The Labute approximate surface area is 132 Å². The minimum Gasteiger partial charge on any atom is -0.378 e. The number of anilines is 1. The van der Waals surface area contributed by atoms with Crippen molar-refractivity contribution in [1.29, 1.82) is 0 Å². The van der Waals surface area contributed by atoms with Crippen LogP contribution in [0.15, 0.2) is 48.5 Å². The van der Waals surface area contributed by atoms with Crippen LogP contribution in [0.4, 0.5) is 5.69 Å². The van der Waals surface area contributed by atoms with Gasteiger partial charge in [-0.3, -0.25) is 0 Å². The Morgan fingerprint density at radius 3 is 2.38 bits per heavy atom. The summed E-state index contributed by atoms with van der Waals surface area (Å²) in [5.41, 5.74) is 3.80. The minimum atomic E-state index is 0.414. The van der Waals surface area contributed by atoms with Crippen LogP contribution in [0.3, 0.4) is 0 Å². The number of nitrogens with zero attached hydrogens (tertiary/aromatic N) is 1. The number of nitrogens with one attached hydrogen (secondary N) is 1. The van der Waals surface area contributed by atoms with Crippen molar-refractivity contribution >= 4 is 17.3 Å². The first-order valence-corrected chi connectivity index (χ1v) is 7.66. The fraction of sp³-hybridized carbons (Fsp3) is 0.333. The number of hydrogen-bond donors (Lipinski definition) is 1. The molecule has 2 nitrogen and oxygen atoms in total. The Bertz CT molecular complexity index is 564. The van der Waals surface area contributed by atoms with E-state index in [1.807, 2.05) is 18.2 Å². The second kappa shape index (κ2) is 7.48. The zero-order valence-corrected chi connectivity index (χ0v) is 13.7. The summed E-state index contributed by atoms with van der Waals surface area (Å²) in [6.07, 6.45) is 0.982. The molecule has 1 atom stereocenters. The van der Waals surface area contributed by atoms with Gasteiger partial charge >= 0.3 is 0 Å². The molecule has 0 aliphatic rings. The van der Waals surface area contributed by atoms with Crippen LogP contribution in [0.1, 0.15) is 18.1 Å². The summed E-state index contributed by atoms with van der Waals surface area (Å²) in [5.74, 6) is 0. The van der Waals surface area contributed by atoms with Gasteiger partial charge in [-0.25, -0.2) is 0 Å². The summed E-state index contributed by atoms with van der Waals surface area (Å²) >= 11 is 6.02. The molecule has 0 radical (unpaired) electrons. The van der Waals surface area contributed by atoms with Crippen molar-refractivity contribution in [3.8, 4) is 0 Å². The fourth-order valence-electron chi connectivity index (χ4n) is 2.29. The van der Waals surface area contributed by atoms with Gasteiger partial charge in [-0.15, -0.1) is 0 Å². The Balaban J connectivity index is 1.84. The highest BCUT2D eigenvalue weighted by molar-refractivity contribution is 6.30. The van der Waals surface area contributed by atoms with E-state index in [0.29, 0.717) is 6.04 Å². The van der Waals surface area contributed by atoms with Crippen LogP contribution >= 0.6 is 11.6 Å². The van der Waals surface area contributed by atoms with E-state index in [9.17, 15) is 0 Å². The van der Waals surface area contributed by atoms with Crippen LogP contribution in [-0.2, 0) is 13.0 Å². The second-order valence-electron chi connectivity index (χ2n) is 5.68. The standard InChI is InChI=1S/C18H23ClN2/c1-14(11-16-5-4-6-17(19)12-16)20-13-15-7-9-18(10-8-15)21(2)3/h4-10,12,14,20H,11,13H2,1-3H3. The fourth-order valence-corrected chi connectivity index (χ4v) is 2.51. The lowest BCUT2D eigenvalue weighted by atomic mass is 10.1. The lowest BCUT2D eigenvalue weighted by Crippen LogP contribution is -2.27. The van der Waals surface area contributed by atoms with Gasteiger partial charge in [0.1, 0.15) is 0 Å². The van der Waals surface area contributed by atoms with Gasteiger partial charge in [0.2, 0.25) is 0 Å². The maximum Gasteiger partial charge on any atom is 0.0408 e. The van der Waals surface area contributed by atoms with E-state index in [0.717, 1.165) is 18.0 Å². The molecular weight excluding hydrogens is 280 g/mol. The topological polar surface area (TPSA) is 15.3 Å². The van der Waals surface area contributed by atoms with Crippen LogP contribution in [0, 0.1) is 0 Å². The molecule has 1 N–H and O–H groups in total. The summed E-state index contributed by atoms with van der Waals surface area (Å²) in [7, 11) is 4.11. The first-order valence-electron chi connectivity index (χ1n) is 7.28. The smallest absolute Gasteiger partial charge is 0.0408 e. The van der Waals surface area contributed by atoms with Crippen LogP contribution in [0.2, 0.25) is 5.02 Å². The molecule has 0 aliphatic carbocycles. The summed E-state index contributed by atoms with van der Waals surface area (Å²) in [6, 6.07) is 17.1. The van der Waals surface area contributed by atoms with E-state index < -0.39 is 0 Å². The van der Waals surface area contributed by atoms with Crippen LogP contribution in [0.25, 0.3) is 0 Å². The molecule has 21 heavy (non-hydrogen) atoms. The average Bonchev–Trinajstić information content (AvgIpc) is 2.45. The second-order valence-corrected chi connectivity index (χ2v) is 6.11. The molecule has 3 heteroatoms. The third-order valence-corrected chi connectivity index (χ3v) is 3.77. The van der Waals surface area contributed by atoms with Crippen molar-refractivity contribution in [3.05, 3.63) is 64.7 Å². The van der Waals surface area contributed by atoms with E-state index in [1.54, 1.807) is 0 Å². The summed E-state index contributed by atoms with van der Waals surface area (Å²) < 4.78 is 0. The Kier molecular flexibility index (Phi) is 5.66. The third kappa shape index (κ3) is 5.07. The molecule has 2 rings (SSSR count). The predicted molar refractivity (Wildman–Crippen MR) is 92.2 cm³/mol. The molecular formula is C18H23ClN2. The van der Waals surface area contributed by atoms with Gasteiger partial charge in [0.25, 0.3) is 0 Å². The highest BCUT2D eigenvalue weighted by Gasteiger charge is 2.04. The van der Waals surface area contributed by atoms with Gasteiger partial charge in [0, 0.05) is 37.4 Å². The first-order chi connectivity index (χ1) is 10.0. The van der Waals surface area contributed by atoms with Crippen molar-refractivity contribution in [3.63, 3.8) is 0 Å². The Hall–Kier alpha value is -1.51. The van der Waals surface area contributed by atoms with Gasteiger partial charge in [-0.05, 0) is 48.7 Å². The van der Waals surface area contributed by atoms with Crippen molar-refractivity contribution in [2.75, 3.05) is 19.0 Å². The van der Waals surface area contributed by atoms with E-state index in [2.05, 4.69) is 61.6 Å². The van der Waals surface area contributed by atoms with Crippen molar-refractivity contribution in [2.45, 2.75) is 25.9 Å². The summed E-state index contributed by atoms with van der Waals surface area (Å²) in [6.45, 7) is 3.09. The molecule has 112 valence electrons. The minimum absolute atomic E-state index is 0.414. The van der Waals surface area contributed by atoms with E-state index in [-0.39, 0.29) is 0 Å². The highest BCUT2D eigenvalue weighted by atomic mass is 35.5. The number of benzene rings is 2. The molecule has 0 amide bonds. The molecule has 2 aromatic rings. The van der Waals surface area contributed by atoms with Crippen LogP contribution < -0.4 is 10.2 Å². The number of rotatable bonds is 6. The molecule has 0 heterocycles. The zero-order chi connectivity index (χ0) is 15.2. The van der Waals surface area contributed by atoms with Crippen molar-refractivity contribution in [2.24, 2.45) is 0 Å². The van der Waals surface area contributed by atoms with Crippen LogP contribution in [0.5, 0.6) is 0 Å².